The Balaban J connectivity index is 2.50. The van der Waals surface area contributed by atoms with Crippen LogP contribution in [0.1, 0.15) is 26.7 Å². The van der Waals surface area contributed by atoms with E-state index in [0.29, 0.717) is 19.4 Å². The topological polar surface area (TPSA) is 111 Å². The number of rotatable bonds is 7. The van der Waals surface area contributed by atoms with Crippen LogP contribution in [0.25, 0.3) is 0 Å². The van der Waals surface area contributed by atoms with Gasteiger partial charge in [0.1, 0.15) is 11.6 Å². The number of hydrogen-bond acceptors (Lipinski definition) is 5. The van der Waals surface area contributed by atoms with Crippen LogP contribution >= 0.6 is 0 Å². The van der Waals surface area contributed by atoms with Crippen molar-refractivity contribution in [3.8, 4) is 5.75 Å². The van der Waals surface area contributed by atoms with Crippen molar-refractivity contribution in [1.29, 1.82) is 0 Å². The molecule has 0 saturated carbocycles. The summed E-state index contributed by atoms with van der Waals surface area (Å²) in [5.74, 6) is -0.585. The first-order chi connectivity index (χ1) is 9.77. The van der Waals surface area contributed by atoms with Crippen molar-refractivity contribution in [2.75, 3.05) is 6.61 Å². The van der Waals surface area contributed by atoms with Gasteiger partial charge in [-0.25, -0.2) is 0 Å². The molecule has 0 spiro atoms. The Morgan fingerprint density at radius 1 is 1.57 bits per heavy atom. The molecule has 0 heterocycles. The molecule has 7 nitrogen and oxygen atoms in total. The zero-order chi connectivity index (χ0) is 16.0. The van der Waals surface area contributed by atoms with Gasteiger partial charge >= 0.3 is 5.69 Å². The van der Waals surface area contributed by atoms with Gasteiger partial charge in [0.05, 0.1) is 11.5 Å². The summed E-state index contributed by atoms with van der Waals surface area (Å²) in [7, 11) is 0. The van der Waals surface area contributed by atoms with Gasteiger partial charge in [0.2, 0.25) is 5.82 Å². The highest BCUT2D eigenvalue weighted by atomic mass is 19.1. The smallest absolute Gasteiger partial charge is 0.305 e. The van der Waals surface area contributed by atoms with Gasteiger partial charge in [-0.05, 0) is 18.9 Å². The predicted molar refractivity (Wildman–Crippen MR) is 75.0 cm³/mol. The number of halogens is 1. The van der Waals surface area contributed by atoms with Crippen LogP contribution < -0.4 is 10.5 Å². The number of hydrogen-bond donors (Lipinski definition) is 2. The van der Waals surface area contributed by atoms with E-state index in [-0.39, 0.29) is 11.6 Å². The fraction of sp³-hybridized carbons (Fsp3) is 0.462. The molecule has 0 aromatic heterocycles. The average molecular weight is 299 g/mol. The van der Waals surface area contributed by atoms with Gasteiger partial charge < -0.3 is 15.7 Å². The highest BCUT2D eigenvalue weighted by Gasteiger charge is 2.23. The third kappa shape index (κ3) is 4.59. The minimum Gasteiger partial charge on any atom is -0.493 e. The van der Waals surface area contributed by atoms with Crippen LogP contribution in [0.5, 0.6) is 5.75 Å². The fourth-order valence-electron chi connectivity index (χ4n) is 1.69. The number of benzene rings is 1. The lowest BCUT2D eigenvalue weighted by molar-refractivity contribution is -0.387. The van der Waals surface area contributed by atoms with Crippen molar-refractivity contribution in [3.05, 3.63) is 34.1 Å². The number of amidine groups is 1. The molecule has 0 atom stereocenters. The van der Waals surface area contributed by atoms with Crippen LogP contribution in [0, 0.1) is 21.3 Å². The second kappa shape index (κ2) is 6.87. The van der Waals surface area contributed by atoms with Gasteiger partial charge in [0.25, 0.3) is 0 Å². The lowest BCUT2D eigenvalue weighted by Gasteiger charge is -2.22. The summed E-state index contributed by atoms with van der Waals surface area (Å²) in [4.78, 5) is 9.68. The van der Waals surface area contributed by atoms with Gasteiger partial charge in [-0.3, -0.25) is 10.1 Å². The summed E-state index contributed by atoms with van der Waals surface area (Å²) in [6.45, 7) is 3.95. The number of ether oxygens (including phenoxy) is 1. The third-order valence-electron chi connectivity index (χ3n) is 3.13. The van der Waals surface area contributed by atoms with Crippen LogP contribution in [-0.2, 0) is 0 Å². The highest BCUT2D eigenvalue weighted by molar-refractivity contribution is 5.85. The maximum Gasteiger partial charge on any atom is 0.305 e. The molecule has 0 amide bonds. The second-order valence-corrected chi connectivity index (χ2v) is 5.19. The first kappa shape index (κ1) is 16.7. The summed E-state index contributed by atoms with van der Waals surface area (Å²) in [5.41, 5.74) is 4.49. The number of nitro groups is 1. The fourth-order valence-corrected chi connectivity index (χ4v) is 1.69. The number of oxime groups is 1. The van der Waals surface area contributed by atoms with Crippen molar-refractivity contribution >= 4 is 11.5 Å². The molecule has 1 rings (SSSR count). The van der Waals surface area contributed by atoms with E-state index in [2.05, 4.69) is 5.16 Å². The van der Waals surface area contributed by atoms with E-state index in [9.17, 15) is 14.5 Å². The molecule has 0 aliphatic heterocycles. The van der Waals surface area contributed by atoms with Crippen LogP contribution in [-0.4, -0.2) is 22.6 Å². The van der Waals surface area contributed by atoms with Crippen molar-refractivity contribution in [3.63, 3.8) is 0 Å². The SMILES string of the molecule is CC(C)(CCCOc1ccc([N+](=O)[O-])c(F)c1)C(N)=NO. The minimum atomic E-state index is -0.936. The summed E-state index contributed by atoms with van der Waals surface area (Å²) in [6, 6.07) is 3.38. The first-order valence-electron chi connectivity index (χ1n) is 6.32. The summed E-state index contributed by atoms with van der Waals surface area (Å²) >= 11 is 0. The van der Waals surface area contributed by atoms with Gasteiger partial charge in [-0.15, -0.1) is 0 Å². The molecule has 0 fully saturated rings. The van der Waals surface area contributed by atoms with Gasteiger partial charge in [0, 0.05) is 17.5 Å². The Labute approximate surface area is 121 Å². The van der Waals surface area contributed by atoms with E-state index in [1.807, 2.05) is 13.8 Å². The first-order valence-corrected chi connectivity index (χ1v) is 6.32. The van der Waals surface area contributed by atoms with Crippen LogP contribution in [0.2, 0.25) is 0 Å². The molecule has 0 radical (unpaired) electrons. The largest absolute Gasteiger partial charge is 0.493 e. The Bertz CT molecular complexity index is 546. The molecule has 116 valence electrons. The number of nitrogens with two attached hydrogens (primary N) is 1. The molecule has 21 heavy (non-hydrogen) atoms. The zero-order valence-corrected chi connectivity index (χ0v) is 11.9. The van der Waals surface area contributed by atoms with E-state index < -0.39 is 21.8 Å². The molecule has 1 aromatic rings. The minimum absolute atomic E-state index is 0.129. The zero-order valence-electron chi connectivity index (χ0n) is 11.9. The monoisotopic (exact) mass is 299 g/mol. The molecular formula is C13H18FN3O4. The molecule has 0 aliphatic rings. The molecule has 1 aromatic carbocycles. The van der Waals surface area contributed by atoms with Crippen molar-refractivity contribution < 1.29 is 19.3 Å². The van der Waals surface area contributed by atoms with E-state index in [0.717, 1.165) is 12.1 Å². The third-order valence-corrected chi connectivity index (χ3v) is 3.13. The van der Waals surface area contributed by atoms with E-state index in [1.54, 1.807) is 0 Å². The summed E-state index contributed by atoms with van der Waals surface area (Å²) in [6.07, 6.45) is 1.21. The number of nitro benzene ring substituents is 1. The Kier molecular flexibility index (Phi) is 5.45. The Morgan fingerprint density at radius 2 is 2.24 bits per heavy atom. The van der Waals surface area contributed by atoms with Crippen molar-refractivity contribution in [2.24, 2.45) is 16.3 Å². The van der Waals surface area contributed by atoms with E-state index in [1.165, 1.54) is 6.07 Å². The van der Waals surface area contributed by atoms with Gasteiger partial charge in [-0.1, -0.05) is 19.0 Å². The Morgan fingerprint density at radius 3 is 2.76 bits per heavy atom. The molecule has 0 unspecified atom stereocenters. The van der Waals surface area contributed by atoms with Crippen LogP contribution in [0.15, 0.2) is 23.4 Å². The van der Waals surface area contributed by atoms with Crippen molar-refractivity contribution in [1.82, 2.24) is 0 Å². The lowest BCUT2D eigenvalue weighted by Crippen LogP contribution is -2.32. The lowest BCUT2D eigenvalue weighted by atomic mass is 9.87. The normalized spacial score (nSPS) is 12.2. The molecule has 0 aliphatic carbocycles. The molecule has 0 bridgehead atoms. The summed E-state index contributed by atoms with van der Waals surface area (Å²) < 4.78 is 18.7. The molecule has 0 saturated heterocycles. The Hall–Kier alpha value is -2.38. The maximum absolute atomic E-state index is 13.4. The van der Waals surface area contributed by atoms with E-state index >= 15 is 0 Å². The number of nitrogens with zero attached hydrogens (tertiary/aromatic N) is 2. The molecule has 8 heteroatoms. The molecule has 3 N–H and O–H groups in total. The highest BCUT2D eigenvalue weighted by Crippen LogP contribution is 2.24. The summed E-state index contributed by atoms with van der Waals surface area (Å²) in [5, 5.41) is 22.1. The second-order valence-electron chi connectivity index (χ2n) is 5.19. The standard InChI is InChI=1S/C13H18FN3O4/c1-13(2,12(15)16-18)6-3-7-21-9-4-5-11(17(19)20)10(14)8-9/h4-5,8,18H,3,6-7H2,1-2H3,(H2,15,16). The predicted octanol–water partition coefficient (Wildman–Crippen LogP) is 2.67. The van der Waals surface area contributed by atoms with E-state index in [4.69, 9.17) is 15.7 Å². The quantitative estimate of drug-likeness (QED) is 0.201. The van der Waals surface area contributed by atoms with Crippen LogP contribution in [0.3, 0.4) is 0 Å². The van der Waals surface area contributed by atoms with Gasteiger partial charge in [-0.2, -0.15) is 4.39 Å². The molecular weight excluding hydrogens is 281 g/mol. The van der Waals surface area contributed by atoms with Crippen LogP contribution in [0.4, 0.5) is 10.1 Å². The average Bonchev–Trinajstić information content (AvgIpc) is 2.42. The maximum atomic E-state index is 13.4. The van der Waals surface area contributed by atoms with Crippen molar-refractivity contribution in [2.45, 2.75) is 26.7 Å². The van der Waals surface area contributed by atoms with Gasteiger partial charge in [0.15, 0.2) is 0 Å².